The summed E-state index contributed by atoms with van der Waals surface area (Å²) in [7, 11) is 0. The molecule has 0 aliphatic carbocycles. The third-order valence-corrected chi connectivity index (χ3v) is 2.60. The van der Waals surface area contributed by atoms with E-state index in [0.29, 0.717) is 10.8 Å². The van der Waals surface area contributed by atoms with E-state index in [1.54, 1.807) is 18.2 Å². The highest BCUT2D eigenvalue weighted by atomic mass is 35.5. The number of nitrogens with zero attached hydrogens (tertiary/aromatic N) is 1. The van der Waals surface area contributed by atoms with Crippen LogP contribution in [-0.4, -0.2) is 0 Å². The maximum atomic E-state index is 13.2. The highest BCUT2D eigenvalue weighted by Crippen LogP contribution is 2.28. The van der Waals surface area contributed by atoms with Crippen LogP contribution in [0.4, 0.5) is 4.39 Å². The second-order valence-electron chi connectivity index (χ2n) is 3.80. The Morgan fingerprint density at radius 3 is 2.67 bits per heavy atom. The van der Waals surface area contributed by atoms with Crippen molar-refractivity contribution in [3.8, 4) is 17.6 Å². The highest BCUT2D eigenvalue weighted by Gasteiger charge is 2.05. The van der Waals surface area contributed by atoms with Crippen LogP contribution in [-0.2, 0) is 0 Å². The zero-order valence-electron chi connectivity index (χ0n) is 9.58. The lowest BCUT2D eigenvalue weighted by atomic mass is 10.2. The van der Waals surface area contributed by atoms with Gasteiger partial charge >= 0.3 is 0 Å². The number of hydrogen-bond donors (Lipinski definition) is 0. The van der Waals surface area contributed by atoms with Crippen LogP contribution >= 0.6 is 11.6 Å². The van der Waals surface area contributed by atoms with Crippen LogP contribution in [0.1, 0.15) is 11.1 Å². The van der Waals surface area contributed by atoms with Crippen molar-refractivity contribution in [3.05, 3.63) is 58.4 Å². The molecule has 0 amide bonds. The van der Waals surface area contributed by atoms with Gasteiger partial charge in [-0.2, -0.15) is 5.26 Å². The molecular weight excluding hydrogens is 253 g/mol. The fourth-order valence-corrected chi connectivity index (χ4v) is 1.77. The predicted octanol–water partition coefficient (Wildman–Crippen LogP) is 4.45. The van der Waals surface area contributed by atoms with Gasteiger partial charge < -0.3 is 4.74 Å². The average molecular weight is 262 g/mol. The van der Waals surface area contributed by atoms with Crippen molar-refractivity contribution >= 4 is 11.6 Å². The van der Waals surface area contributed by atoms with Crippen LogP contribution in [0.5, 0.6) is 11.5 Å². The molecule has 2 rings (SSSR count). The van der Waals surface area contributed by atoms with Gasteiger partial charge in [-0.3, -0.25) is 0 Å². The van der Waals surface area contributed by atoms with E-state index in [1.165, 1.54) is 12.1 Å². The van der Waals surface area contributed by atoms with Gasteiger partial charge in [0.2, 0.25) is 0 Å². The molecule has 0 unspecified atom stereocenters. The van der Waals surface area contributed by atoms with E-state index in [0.717, 1.165) is 11.6 Å². The van der Waals surface area contributed by atoms with Crippen molar-refractivity contribution in [1.82, 2.24) is 0 Å². The topological polar surface area (TPSA) is 33.0 Å². The molecule has 4 heteroatoms. The third-order valence-electron chi connectivity index (χ3n) is 2.37. The lowest BCUT2D eigenvalue weighted by molar-refractivity contribution is 0.473. The molecule has 0 aliphatic rings. The number of nitriles is 1. The molecule has 0 aromatic heterocycles. The quantitative estimate of drug-likeness (QED) is 0.800. The summed E-state index contributed by atoms with van der Waals surface area (Å²) in [6.07, 6.45) is 0. The lowest BCUT2D eigenvalue weighted by Crippen LogP contribution is -1.89. The Hall–Kier alpha value is -2.05. The SMILES string of the molecule is Cc1cc(Cl)ccc1Oc1cc(F)cc(C#N)c1. The van der Waals surface area contributed by atoms with Crippen molar-refractivity contribution in [2.45, 2.75) is 6.92 Å². The number of rotatable bonds is 2. The molecule has 0 atom stereocenters. The Kier molecular flexibility index (Phi) is 3.50. The van der Waals surface area contributed by atoms with Crippen LogP contribution in [0.2, 0.25) is 5.02 Å². The number of aryl methyl sites for hydroxylation is 1. The molecule has 0 heterocycles. The first kappa shape index (κ1) is 12.4. The van der Waals surface area contributed by atoms with Crippen molar-refractivity contribution in [2.24, 2.45) is 0 Å². The maximum Gasteiger partial charge on any atom is 0.131 e. The van der Waals surface area contributed by atoms with Gasteiger partial charge in [0.1, 0.15) is 17.3 Å². The molecule has 0 aliphatic heterocycles. The molecule has 2 aromatic carbocycles. The first-order chi connectivity index (χ1) is 8.58. The maximum absolute atomic E-state index is 13.2. The first-order valence-electron chi connectivity index (χ1n) is 5.23. The largest absolute Gasteiger partial charge is 0.457 e. The molecule has 0 bridgehead atoms. The third kappa shape index (κ3) is 2.79. The van der Waals surface area contributed by atoms with Crippen LogP contribution in [0.25, 0.3) is 0 Å². The van der Waals surface area contributed by atoms with Gasteiger partial charge in [-0.05, 0) is 42.8 Å². The van der Waals surface area contributed by atoms with Gasteiger partial charge in [-0.25, -0.2) is 4.39 Å². The lowest BCUT2D eigenvalue weighted by Gasteiger charge is -2.09. The summed E-state index contributed by atoms with van der Waals surface area (Å²) in [5.74, 6) is 0.363. The molecule has 0 fully saturated rings. The van der Waals surface area contributed by atoms with E-state index in [9.17, 15) is 4.39 Å². The zero-order valence-corrected chi connectivity index (χ0v) is 10.3. The molecule has 0 saturated carbocycles. The van der Waals surface area contributed by atoms with Gasteiger partial charge in [0.05, 0.1) is 11.6 Å². The minimum absolute atomic E-state index is 0.219. The summed E-state index contributed by atoms with van der Waals surface area (Å²) >= 11 is 5.83. The van der Waals surface area contributed by atoms with Gasteiger partial charge in [0, 0.05) is 11.1 Å². The zero-order chi connectivity index (χ0) is 13.1. The summed E-state index contributed by atoms with van der Waals surface area (Å²) in [4.78, 5) is 0. The predicted molar refractivity (Wildman–Crippen MR) is 67.4 cm³/mol. The number of ether oxygens (including phenoxy) is 1. The monoisotopic (exact) mass is 261 g/mol. The Labute approximate surface area is 109 Å². The summed E-state index contributed by atoms with van der Waals surface area (Å²) in [6.45, 7) is 1.84. The average Bonchev–Trinajstić information content (AvgIpc) is 2.32. The first-order valence-corrected chi connectivity index (χ1v) is 5.61. The van der Waals surface area contributed by atoms with E-state index in [1.807, 2.05) is 13.0 Å². The molecule has 2 aromatic rings. The molecule has 0 saturated heterocycles. The molecule has 2 nitrogen and oxygen atoms in total. The van der Waals surface area contributed by atoms with Gasteiger partial charge in [0.15, 0.2) is 0 Å². The summed E-state index contributed by atoms with van der Waals surface area (Å²) < 4.78 is 18.8. The van der Waals surface area contributed by atoms with Crippen LogP contribution in [0, 0.1) is 24.1 Å². The summed E-state index contributed by atoms with van der Waals surface area (Å²) in [5, 5.41) is 9.36. The fraction of sp³-hybridized carbons (Fsp3) is 0.0714. The van der Waals surface area contributed by atoms with Crippen molar-refractivity contribution in [1.29, 1.82) is 5.26 Å². The van der Waals surface area contributed by atoms with Gasteiger partial charge in [-0.1, -0.05) is 11.6 Å². The Morgan fingerprint density at radius 1 is 1.22 bits per heavy atom. The Morgan fingerprint density at radius 2 is 2.00 bits per heavy atom. The van der Waals surface area contributed by atoms with E-state index < -0.39 is 5.82 Å². The van der Waals surface area contributed by atoms with E-state index >= 15 is 0 Å². The fourth-order valence-electron chi connectivity index (χ4n) is 1.54. The molecule has 90 valence electrons. The summed E-state index contributed by atoms with van der Waals surface area (Å²) in [5.41, 5.74) is 1.06. The van der Waals surface area contributed by atoms with Crippen LogP contribution in [0.15, 0.2) is 36.4 Å². The standard InChI is InChI=1S/C14H9ClFNO/c1-9-4-11(15)2-3-14(9)18-13-6-10(8-17)5-12(16)7-13/h2-7H,1H3. The smallest absolute Gasteiger partial charge is 0.131 e. The number of benzene rings is 2. The van der Waals surface area contributed by atoms with Crippen molar-refractivity contribution < 1.29 is 9.13 Å². The van der Waals surface area contributed by atoms with Crippen LogP contribution in [0.3, 0.4) is 0 Å². The molecule has 0 N–H and O–H groups in total. The second-order valence-corrected chi connectivity index (χ2v) is 4.24. The van der Waals surface area contributed by atoms with Crippen molar-refractivity contribution in [3.63, 3.8) is 0 Å². The minimum atomic E-state index is -0.504. The minimum Gasteiger partial charge on any atom is -0.457 e. The molecule has 18 heavy (non-hydrogen) atoms. The van der Waals surface area contributed by atoms with E-state index in [-0.39, 0.29) is 11.3 Å². The van der Waals surface area contributed by atoms with Gasteiger partial charge in [-0.15, -0.1) is 0 Å². The molecule has 0 spiro atoms. The Bertz CT molecular complexity index is 634. The molecular formula is C14H9ClFNO. The van der Waals surface area contributed by atoms with Gasteiger partial charge in [0.25, 0.3) is 0 Å². The van der Waals surface area contributed by atoms with Crippen LogP contribution < -0.4 is 4.74 Å². The number of hydrogen-bond acceptors (Lipinski definition) is 2. The second kappa shape index (κ2) is 5.07. The van der Waals surface area contributed by atoms with E-state index in [4.69, 9.17) is 21.6 Å². The molecule has 0 radical (unpaired) electrons. The number of halogens is 2. The normalized spacial score (nSPS) is 9.89. The van der Waals surface area contributed by atoms with Crippen molar-refractivity contribution in [2.75, 3.05) is 0 Å². The summed E-state index contributed by atoms with van der Waals surface area (Å²) in [6, 6.07) is 10.9. The highest BCUT2D eigenvalue weighted by molar-refractivity contribution is 6.30. The van der Waals surface area contributed by atoms with E-state index in [2.05, 4.69) is 0 Å². The Balaban J connectivity index is 2.34.